The fraction of sp³-hybridized carbons (Fsp3) is 0.333. The molecule has 0 fully saturated rings. The number of halogens is 3. The van der Waals surface area contributed by atoms with E-state index in [-0.39, 0.29) is 17.3 Å². The van der Waals surface area contributed by atoms with Gasteiger partial charge in [0.25, 0.3) is 5.69 Å². The lowest BCUT2D eigenvalue weighted by atomic mass is 10.2. The zero-order chi connectivity index (χ0) is 18.6. The molecule has 0 amide bonds. The fourth-order valence-electron chi connectivity index (χ4n) is 1.84. The predicted octanol–water partition coefficient (Wildman–Crippen LogP) is 4.32. The van der Waals surface area contributed by atoms with Crippen molar-refractivity contribution in [3.8, 4) is 5.88 Å². The minimum Gasteiger partial charge on any atom is -0.474 e. The van der Waals surface area contributed by atoms with Gasteiger partial charge in [0.05, 0.1) is 11.0 Å². The summed E-state index contributed by atoms with van der Waals surface area (Å²) in [7, 11) is 0. The smallest absolute Gasteiger partial charge is 0.423 e. The number of nitro groups is 1. The van der Waals surface area contributed by atoms with E-state index in [1.54, 1.807) is 13.8 Å². The average molecular weight is 356 g/mol. The van der Waals surface area contributed by atoms with Crippen LogP contribution in [0.4, 0.5) is 30.5 Å². The van der Waals surface area contributed by atoms with Crippen molar-refractivity contribution in [2.45, 2.75) is 32.5 Å². The Morgan fingerprint density at radius 1 is 1.36 bits per heavy atom. The molecule has 134 valence electrons. The molecule has 10 heteroatoms. The Hall–Kier alpha value is -2.91. The van der Waals surface area contributed by atoms with Crippen molar-refractivity contribution in [1.82, 2.24) is 9.97 Å². The summed E-state index contributed by atoms with van der Waals surface area (Å²) in [5.41, 5.74) is -1.31. The summed E-state index contributed by atoms with van der Waals surface area (Å²) in [4.78, 5) is 17.7. The SMILES string of the molecule is CCC(C)Oc1nc(Nc2ccccc2[N+](=O)[O-])ncc1C(F)(F)F. The molecule has 0 bridgehead atoms. The van der Waals surface area contributed by atoms with Crippen LogP contribution < -0.4 is 10.1 Å². The number of anilines is 2. The van der Waals surface area contributed by atoms with Gasteiger partial charge < -0.3 is 10.1 Å². The van der Waals surface area contributed by atoms with E-state index in [0.717, 1.165) is 0 Å². The predicted molar refractivity (Wildman–Crippen MR) is 83.8 cm³/mol. The maximum atomic E-state index is 13.1. The van der Waals surface area contributed by atoms with Gasteiger partial charge in [0.15, 0.2) is 0 Å². The van der Waals surface area contributed by atoms with Crippen molar-refractivity contribution in [2.75, 3.05) is 5.32 Å². The molecular weight excluding hydrogens is 341 g/mol. The Morgan fingerprint density at radius 3 is 2.64 bits per heavy atom. The van der Waals surface area contributed by atoms with E-state index in [1.807, 2.05) is 0 Å². The number of para-hydroxylation sites is 2. The first-order valence-corrected chi connectivity index (χ1v) is 7.33. The molecule has 1 aromatic carbocycles. The second kappa shape index (κ2) is 7.32. The Bertz CT molecular complexity index is 768. The van der Waals surface area contributed by atoms with Crippen LogP contribution in [0.1, 0.15) is 25.8 Å². The van der Waals surface area contributed by atoms with Gasteiger partial charge in [0.1, 0.15) is 11.3 Å². The molecule has 0 saturated heterocycles. The highest BCUT2D eigenvalue weighted by Crippen LogP contribution is 2.36. The number of rotatable bonds is 6. The van der Waals surface area contributed by atoms with Crippen LogP contribution in [0.3, 0.4) is 0 Å². The van der Waals surface area contributed by atoms with Gasteiger partial charge in [0.2, 0.25) is 11.8 Å². The van der Waals surface area contributed by atoms with Gasteiger partial charge in [-0.25, -0.2) is 4.98 Å². The maximum Gasteiger partial charge on any atom is 0.423 e. The molecule has 2 rings (SSSR count). The number of nitro benzene ring substituents is 1. The Morgan fingerprint density at radius 2 is 2.04 bits per heavy atom. The first-order valence-electron chi connectivity index (χ1n) is 7.33. The molecule has 1 N–H and O–H groups in total. The molecule has 0 radical (unpaired) electrons. The highest BCUT2D eigenvalue weighted by molar-refractivity contribution is 5.66. The fourth-order valence-corrected chi connectivity index (χ4v) is 1.84. The van der Waals surface area contributed by atoms with Crippen molar-refractivity contribution < 1.29 is 22.8 Å². The van der Waals surface area contributed by atoms with E-state index in [9.17, 15) is 23.3 Å². The van der Waals surface area contributed by atoms with Crippen molar-refractivity contribution in [1.29, 1.82) is 0 Å². The minimum atomic E-state index is -4.68. The summed E-state index contributed by atoms with van der Waals surface area (Å²) in [5.74, 6) is -0.862. The lowest BCUT2D eigenvalue weighted by Crippen LogP contribution is -2.17. The molecule has 0 aliphatic carbocycles. The monoisotopic (exact) mass is 356 g/mol. The highest BCUT2D eigenvalue weighted by atomic mass is 19.4. The van der Waals surface area contributed by atoms with Crippen molar-refractivity contribution >= 4 is 17.3 Å². The third-order valence-corrected chi connectivity index (χ3v) is 3.29. The molecular formula is C15H15F3N4O3. The largest absolute Gasteiger partial charge is 0.474 e. The van der Waals surface area contributed by atoms with E-state index in [1.165, 1.54) is 24.3 Å². The first-order chi connectivity index (χ1) is 11.7. The molecule has 7 nitrogen and oxygen atoms in total. The first kappa shape index (κ1) is 18.4. The summed E-state index contributed by atoms with van der Waals surface area (Å²) < 4.78 is 44.4. The number of benzene rings is 1. The molecule has 1 heterocycles. The van der Waals surface area contributed by atoms with Gasteiger partial charge in [-0.15, -0.1) is 0 Å². The Balaban J connectivity index is 2.40. The number of nitrogens with zero attached hydrogens (tertiary/aromatic N) is 3. The number of nitrogens with one attached hydrogen (secondary N) is 1. The van der Waals surface area contributed by atoms with Gasteiger partial charge in [0, 0.05) is 12.3 Å². The minimum absolute atomic E-state index is 0.0572. The van der Waals surface area contributed by atoms with Crippen LogP contribution >= 0.6 is 0 Å². The topological polar surface area (TPSA) is 90.2 Å². The van der Waals surface area contributed by atoms with Crippen LogP contribution in [0.2, 0.25) is 0 Å². The van der Waals surface area contributed by atoms with E-state index in [2.05, 4.69) is 15.3 Å². The van der Waals surface area contributed by atoms with E-state index in [4.69, 9.17) is 4.74 Å². The lowest BCUT2D eigenvalue weighted by Gasteiger charge is -2.17. The van der Waals surface area contributed by atoms with Crippen molar-refractivity contribution in [2.24, 2.45) is 0 Å². The molecule has 25 heavy (non-hydrogen) atoms. The van der Waals surface area contributed by atoms with Crippen LogP contribution in [0.15, 0.2) is 30.5 Å². The van der Waals surface area contributed by atoms with Crippen molar-refractivity contribution in [3.05, 3.63) is 46.1 Å². The molecule has 0 aliphatic heterocycles. The number of ether oxygens (including phenoxy) is 1. The van der Waals surface area contributed by atoms with Crippen LogP contribution in [0.5, 0.6) is 5.88 Å². The van der Waals surface area contributed by atoms with E-state index in [0.29, 0.717) is 12.6 Å². The number of alkyl halides is 3. The highest BCUT2D eigenvalue weighted by Gasteiger charge is 2.36. The number of hydrogen-bond donors (Lipinski definition) is 1. The molecule has 2 aromatic rings. The summed E-state index contributed by atoms with van der Waals surface area (Å²) in [6.07, 6.45) is -4.11. The third-order valence-electron chi connectivity index (χ3n) is 3.29. The van der Waals surface area contributed by atoms with Gasteiger partial charge in [-0.1, -0.05) is 19.1 Å². The van der Waals surface area contributed by atoms with E-state index < -0.39 is 28.6 Å². The molecule has 0 spiro atoms. The van der Waals surface area contributed by atoms with Crippen LogP contribution in [0.25, 0.3) is 0 Å². The summed E-state index contributed by atoms with van der Waals surface area (Å²) in [6, 6.07) is 5.65. The van der Waals surface area contributed by atoms with Gasteiger partial charge in [-0.3, -0.25) is 10.1 Å². The second-order valence-electron chi connectivity index (χ2n) is 5.15. The Kier molecular flexibility index (Phi) is 5.40. The average Bonchev–Trinajstić information content (AvgIpc) is 2.54. The second-order valence-corrected chi connectivity index (χ2v) is 5.15. The van der Waals surface area contributed by atoms with Gasteiger partial charge in [-0.2, -0.15) is 18.2 Å². The van der Waals surface area contributed by atoms with Gasteiger partial charge >= 0.3 is 6.18 Å². The standard InChI is InChI=1S/C15H15F3N4O3/c1-3-9(2)25-13-10(15(16,17)18)8-19-14(21-13)20-11-6-4-5-7-12(11)22(23)24/h4-9H,3H2,1-2H3,(H,19,20,21). The number of hydrogen-bond acceptors (Lipinski definition) is 6. The molecule has 1 unspecified atom stereocenters. The summed E-state index contributed by atoms with van der Waals surface area (Å²) in [5, 5.41) is 13.6. The zero-order valence-corrected chi connectivity index (χ0v) is 13.4. The molecule has 1 atom stereocenters. The van der Waals surface area contributed by atoms with E-state index >= 15 is 0 Å². The third kappa shape index (κ3) is 4.55. The lowest BCUT2D eigenvalue weighted by molar-refractivity contribution is -0.383. The number of aromatic nitrogens is 2. The van der Waals surface area contributed by atoms with Crippen molar-refractivity contribution in [3.63, 3.8) is 0 Å². The molecule has 1 aromatic heterocycles. The quantitative estimate of drug-likeness (QED) is 0.612. The Labute approximate surface area is 141 Å². The van der Waals surface area contributed by atoms with Crippen LogP contribution in [0, 0.1) is 10.1 Å². The van der Waals surface area contributed by atoms with Gasteiger partial charge in [-0.05, 0) is 19.4 Å². The normalized spacial score (nSPS) is 12.5. The zero-order valence-electron chi connectivity index (χ0n) is 13.4. The molecule has 0 saturated carbocycles. The summed E-state index contributed by atoms with van der Waals surface area (Å²) >= 11 is 0. The van der Waals surface area contributed by atoms with Crippen LogP contribution in [-0.2, 0) is 6.18 Å². The molecule has 0 aliphatic rings. The maximum absolute atomic E-state index is 13.1. The summed E-state index contributed by atoms with van der Waals surface area (Å²) in [6.45, 7) is 3.36. The van der Waals surface area contributed by atoms with Crippen LogP contribution in [-0.4, -0.2) is 21.0 Å².